The van der Waals surface area contributed by atoms with E-state index in [1.807, 2.05) is 0 Å². The Balaban J connectivity index is 2.73. The maximum Gasteiger partial charge on any atom is 0.339 e. The highest BCUT2D eigenvalue weighted by atomic mass is 32.2. The number of rotatable bonds is 3. The molecule has 0 saturated heterocycles. The van der Waals surface area contributed by atoms with Crippen molar-refractivity contribution in [2.45, 2.75) is 10.8 Å². The van der Waals surface area contributed by atoms with Gasteiger partial charge in [-0.25, -0.2) is 9.78 Å². The summed E-state index contributed by atoms with van der Waals surface area (Å²) in [5, 5.41) is 0.174. The molecule has 76 valence electrons. The van der Waals surface area contributed by atoms with Crippen LogP contribution in [0.5, 0.6) is 0 Å². The summed E-state index contributed by atoms with van der Waals surface area (Å²) >= 11 is 0.330. The van der Waals surface area contributed by atoms with Gasteiger partial charge < -0.3 is 4.74 Å². The Morgan fingerprint density at radius 3 is 2.71 bits per heavy atom. The van der Waals surface area contributed by atoms with Gasteiger partial charge in [0.15, 0.2) is 0 Å². The van der Waals surface area contributed by atoms with E-state index in [1.165, 1.54) is 25.4 Å². The summed E-state index contributed by atoms with van der Waals surface area (Å²) in [7, 11) is 1.24. The molecule has 1 aromatic rings. The van der Waals surface area contributed by atoms with Crippen LogP contribution in [0.3, 0.4) is 0 Å². The zero-order valence-electron chi connectivity index (χ0n) is 7.24. The van der Waals surface area contributed by atoms with Gasteiger partial charge >= 0.3 is 5.97 Å². The van der Waals surface area contributed by atoms with Crippen molar-refractivity contribution in [3.63, 3.8) is 0 Å². The Kier molecular flexibility index (Phi) is 3.82. The molecule has 0 aliphatic carbocycles. The number of carbonyl (C=O) groups excluding carboxylic acids is 1. The first-order valence-electron chi connectivity index (χ1n) is 3.62. The van der Waals surface area contributed by atoms with Crippen LogP contribution in [0.15, 0.2) is 23.4 Å². The zero-order valence-corrected chi connectivity index (χ0v) is 8.05. The largest absolute Gasteiger partial charge is 0.465 e. The maximum atomic E-state index is 11.9. The number of halogens is 2. The van der Waals surface area contributed by atoms with Crippen molar-refractivity contribution in [1.82, 2.24) is 4.98 Å². The topological polar surface area (TPSA) is 39.2 Å². The number of hydrogen-bond donors (Lipinski definition) is 0. The number of pyridine rings is 1. The first-order chi connectivity index (χ1) is 6.63. The highest BCUT2D eigenvalue weighted by Gasteiger charge is 2.09. The van der Waals surface area contributed by atoms with Crippen molar-refractivity contribution < 1.29 is 18.3 Å². The summed E-state index contributed by atoms with van der Waals surface area (Å²) < 4.78 is 28.2. The van der Waals surface area contributed by atoms with Crippen LogP contribution >= 0.6 is 11.8 Å². The van der Waals surface area contributed by atoms with E-state index in [2.05, 4.69) is 9.72 Å². The van der Waals surface area contributed by atoms with E-state index in [0.29, 0.717) is 11.8 Å². The molecule has 0 radical (unpaired) electrons. The highest BCUT2D eigenvalue weighted by Crippen LogP contribution is 2.22. The molecule has 0 bridgehead atoms. The van der Waals surface area contributed by atoms with Gasteiger partial charge in [-0.1, -0.05) is 0 Å². The van der Waals surface area contributed by atoms with Crippen molar-refractivity contribution in [1.29, 1.82) is 0 Å². The van der Waals surface area contributed by atoms with Crippen LogP contribution < -0.4 is 0 Å². The minimum absolute atomic E-state index is 0.174. The number of aromatic nitrogens is 1. The molecular formula is C8H7F2NO2S. The number of nitrogens with zero attached hydrogens (tertiary/aromatic N) is 1. The molecule has 0 amide bonds. The molecule has 0 atom stereocenters. The fourth-order valence-corrected chi connectivity index (χ4v) is 1.22. The molecule has 0 fully saturated rings. The highest BCUT2D eigenvalue weighted by molar-refractivity contribution is 7.99. The van der Waals surface area contributed by atoms with Gasteiger partial charge in [0.2, 0.25) is 0 Å². The fourth-order valence-electron chi connectivity index (χ4n) is 0.780. The second-order valence-electron chi connectivity index (χ2n) is 2.26. The molecule has 14 heavy (non-hydrogen) atoms. The molecular weight excluding hydrogens is 212 g/mol. The number of hydrogen-bond acceptors (Lipinski definition) is 4. The molecule has 0 aliphatic rings. The summed E-state index contributed by atoms with van der Waals surface area (Å²) in [5.41, 5.74) is 0.242. The van der Waals surface area contributed by atoms with E-state index in [1.54, 1.807) is 0 Å². The third-order valence-electron chi connectivity index (χ3n) is 1.37. The quantitative estimate of drug-likeness (QED) is 0.577. The second kappa shape index (κ2) is 4.90. The average molecular weight is 219 g/mol. The van der Waals surface area contributed by atoms with Crippen molar-refractivity contribution in [3.05, 3.63) is 23.9 Å². The first-order valence-corrected chi connectivity index (χ1v) is 4.50. The first kappa shape index (κ1) is 10.9. The van der Waals surface area contributed by atoms with E-state index < -0.39 is 11.7 Å². The molecule has 0 saturated carbocycles. The van der Waals surface area contributed by atoms with E-state index in [4.69, 9.17) is 0 Å². The summed E-state index contributed by atoms with van der Waals surface area (Å²) in [6.07, 6.45) is 1.20. The molecule has 0 spiro atoms. The van der Waals surface area contributed by atoms with Gasteiger partial charge in [0.25, 0.3) is 5.76 Å². The SMILES string of the molecule is COC(=O)c1ccc(SC(F)F)nc1. The molecule has 0 aromatic carbocycles. The van der Waals surface area contributed by atoms with Gasteiger partial charge in [-0.15, -0.1) is 0 Å². The minimum Gasteiger partial charge on any atom is -0.465 e. The van der Waals surface area contributed by atoms with Crippen LogP contribution in [0.1, 0.15) is 10.4 Å². The fraction of sp³-hybridized carbons (Fsp3) is 0.250. The monoisotopic (exact) mass is 219 g/mol. The Morgan fingerprint density at radius 1 is 1.57 bits per heavy atom. The van der Waals surface area contributed by atoms with Gasteiger partial charge in [0.1, 0.15) is 5.03 Å². The van der Waals surface area contributed by atoms with Crippen LogP contribution in [0, 0.1) is 0 Å². The van der Waals surface area contributed by atoms with Gasteiger partial charge in [-0.05, 0) is 23.9 Å². The molecule has 1 aromatic heterocycles. The predicted molar refractivity (Wildman–Crippen MR) is 47.4 cm³/mol. The van der Waals surface area contributed by atoms with Gasteiger partial charge in [0.05, 0.1) is 12.7 Å². The number of methoxy groups -OCH3 is 1. The molecule has 1 rings (SSSR count). The van der Waals surface area contributed by atoms with Gasteiger partial charge in [-0.2, -0.15) is 8.78 Å². The van der Waals surface area contributed by atoms with Crippen molar-refractivity contribution >= 4 is 17.7 Å². The number of ether oxygens (including phenoxy) is 1. The Hall–Kier alpha value is -1.17. The number of carbonyl (C=O) groups is 1. The Bertz CT molecular complexity index is 316. The van der Waals surface area contributed by atoms with E-state index in [-0.39, 0.29) is 10.6 Å². The summed E-state index contributed by atoms with van der Waals surface area (Å²) in [6, 6.07) is 2.74. The van der Waals surface area contributed by atoms with Crippen LogP contribution in [0.2, 0.25) is 0 Å². The number of alkyl halides is 2. The lowest BCUT2D eigenvalue weighted by Gasteiger charge is -2.00. The summed E-state index contributed by atoms with van der Waals surface area (Å²) in [5.74, 6) is -3.04. The molecule has 0 unspecified atom stereocenters. The second-order valence-corrected chi connectivity index (χ2v) is 3.27. The zero-order chi connectivity index (χ0) is 10.6. The van der Waals surface area contributed by atoms with Crippen LogP contribution in [0.4, 0.5) is 8.78 Å². The van der Waals surface area contributed by atoms with Crippen molar-refractivity contribution in [2.75, 3.05) is 7.11 Å². The van der Waals surface area contributed by atoms with Gasteiger partial charge in [-0.3, -0.25) is 0 Å². The molecule has 6 heteroatoms. The Labute approximate surface area is 83.5 Å². The lowest BCUT2D eigenvalue weighted by molar-refractivity contribution is 0.0600. The smallest absolute Gasteiger partial charge is 0.339 e. The molecule has 1 heterocycles. The number of esters is 1. The third-order valence-corrected chi connectivity index (χ3v) is 2.03. The Morgan fingerprint density at radius 2 is 2.29 bits per heavy atom. The van der Waals surface area contributed by atoms with Crippen LogP contribution in [0.25, 0.3) is 0 Å². The lowest BCUT2D eigenvalue weighted by Crippen LogP contribution is -2.01. The van der Waals surface area contributed by atoms with E-state index in [9.17, 15) is 13.6 Å². The molecule has 3 nitrogen and oxygen atoms in total. The molecule has 0 N–H and O–H groups in total. The van der Waals surface area contributed by atoms with Gasteiger partial charge in [0, 0.05) is 6.20 Å². The number of thioether (sulfide) groups is 1. The van der Waals surface area contributed by atoms with Crippen LogP contribution in [-0.2, 0) is 4.74 Å². The predicted octanol–water partition coefficient (Wildman–Crippen LogP) is 2.18. The summed E-state index contributed by atoms with van der Waals surface area (Å²) in [4.78, 5) is 14.6. The van der Waals surface area contributed by atoms with E-state index in [0.717, 1.165) is 0 Å². The summed E-state index contributed by atoms with van der Waals surface area (Å²) in [6.45, 7) is 0. The van der Waals surface area contributed by atoms with Crippen molar-refractivity contribution in [3.8, 4) is 0 Å². The van der Waals surface area contributed by atoms with E-state index >= 15 is 0 Å². The minimum atomic E-state index is -2.51. The van der Waals surface area contributed by atoms with Crippen molar-refractivity contribution in [2.24, 2.45) is 0 Å². The average Bonchev–Trinajstić information content (AvgIpc) is 2.17. The lowest BCUT2D eigenvalue weighted by atomic mass is 10.3. The molecule has 0 aliphatic heterocycles. The third kappa shape index (κ3) is 2.95. The van der Waals surface area contributed by atoms with Crippen LogP contribution in [-0.4, -0.2) is 23.8 Å². The maximum absolute atomic E-state index is 11.9. The normalized spacial score (nSPS) is 10.3. The standard InChI is InChI=1S/C8H7F2NO2S/c1-13-7(12)5-2-3-6(11-4-5)14-8(9)10/h2-4,8H,1H3.